The van der Waals surface area contributed by atoms with Crippen LogP contribution in [0.2, 0.25) is 0 Å². The number of hydrogen-bond acceptors (Lipinski definition) is 6. The molecule has 2 unspecified atom stereocenters. The summed E-state index contributed by atoms with van der Waals surface area (Å²) in [4.78, 5) is 35.3. The summed E-state index contributed by atoms with van der Waals surface area (Å²) in [6.07, 6.45) is 3.96. The van der Waals surface area contributed by atoms with E-state index < -0.39 is 0 Å². The quantitative estimate of drug-likeness (QED) is 0.597. The monoisotopic (exact) mass is 469 g/mol. The number of carbonyl (C=O) groups excluding carboxylic acids is 2. The van der Waals surface area contributed by atoms with Gasteiger partial charge in [0, 0.05) is 58.0 Å². The molecule has 0 radical (unpaired) electrons. The molecular formula is C26H39N5O3. The van der Waals surface area contributed by atoms with Gasteiger partial charge in [0.25, 0.3) is 0 Å². The molecule has 4 heterocycles. The molecule has 2 atom stereocenters. The summed E-state index contributed by atoms with van der Waals surface area (Å²) in [7, 11) is 0. The highest BCUT2D eigenvalue weighted by molar-refractivity contribution is 5.82. The van der Waals surface area contributed by atoms with Crippen LogP contribution in [0, 0.1) is 5.92 Å². The second-order valence-corrected chi connectivity index (χ2v) is 10.1. The van der Waals surface area contributed by atoms with Gasteiger partial charge in [-0.15, -0.1) is 0 Å². The van der Waals surface area contributed by atoms with Crippen molar-refractivity contribution in [3.8, 4) is 0 Å². The van der Waals surface area contributed by atoms with Crippen LogP contribution in [0.25, 0.3) is 0 Å². The summed E-state index contributed by atoms with van der Waals surface area (Å²) in [5.41, 5.74) is 2.52. The molecule has 0 aliphatic carbocycles. The fourth-order valence-electron chi connectivity index (χ4n) is 5.99. The van der Waals surface area contributed by atoms with Crippen LogP contribution in [-0.2, 0) is 20.7 Å². The van der Waals surface area contributed by atoms with Crippen molar-refractivity contribution in [1.29, 1.82) is 0 Å². The van der Waals surface area contributed by atoms with Crippen molar-refractivity contribution >= 4 is 17.5 Å². The minimum atomic E-state index is -0.0945. The Kier molecular flexibility index (Phi) is 7.67. The lowest BCUT2D eigenvalue weighted by molar-refractivity contribution is -0.131. The largest absolute Gasteiger partial charge is 0.379 e. The van der Waals surface area contributed by atoms with Gasteiger partial charge in [0.15, 0.2) is 0 Å². The Hall–Kier alpha value is -2.16. The molecule has 0 spiro atoms. The highest BCUT2D eigenvalue weighted by Crippen LogP contribution is 2.36. The normalized spacial score (nSPS) is 25.6. The van der Waals surface area contributed by atoms with Gasteiger partial charge < -0.3 is 19.9 Å². The number of nitrogens with one attached hydrogen (secondary N) is 1. The SMILES string of the molecule is O=C(NCCCN1CCOCC1)C1Cc2ccccc2N2CCN(CC(=O)N3CCCC3)CC12. The van der Waals surface area contributed by atoms with Gasteiger partial charge in [-0.05, 0) is 43.9 Å². The second kappa shape index (κ2) is 11.1. The molecule has 2 amide bonds. The van der Waals surface area contributed by atoms with Crippen LogP contribution in [0.1, 0.15) is 24.8 Å². The zero-order valence-corrected chi connectivity index (χ0v) is 20.3. The van der Waals surface area contributed by atoms with E-state index in [4.69, 9.17) is 4.74 Å². The number of carbonyl (C=O) groups is 2. The van der Waals surface area contributed by atoms with Gasteiger partial charge in [-0.2, -0.15) is 0 Å². The van der Waals surface area contributed by atoms with E-state index >= 15 is 0 Å². The van der Waals surface area contributed by atoms with Crippen LogP contribution in [0.5, 0.6) is 0 Å². The zero-order chi connectivity index (χ0) is 23.3. The highest BCUT2D eigenvalue weighted by atomic mass is 16.5. The summed E-state index contributed by atoms with van der Waals surface area (Å²) in [5, 5.41) is 3.24. The average Bonchev–Trinajstić information content (AvgIpc) is 3.42. The van der Waals surface area contributed by atoms with Gasteiger partial charge in [-0.3, -0.25) is 19.4 Å². The van der Waals surface area contributed by atoms with Crippen molar-refractivity contribution in [2.24, 2.45) is 5.92 Å². The predicted molar refractivity (Wildman–Crippen MR) is 132 cm³/mol. The van der Waals surface area contributed by atoms with Gasteiger partial charge in [0.05, 0.1) is 31.7 Å². The summed E-state index contributed by atoms with van der Waals surface area (Å²) in [6.45, 7) is 10.0. The highest BCUT2D eigenvalue weighted by Gasteiger charge is 2.41. The number of hydrogen-bond donors (Lipinski definition) is 1. The van der Waals surface area contributed by atoms with Gasteiger partial charge in [-0.1, -0.05) is 18.2 Å². The molecule has 186 valence electrons. The summed E-state index contributed by atoms with van der Waals surface area (Å²) >= 11 is 0. The van der Waals surface area contributed by atoms with E-state index in [9.17, 15) is 9.59 Å². The Morgan fingerprint density at radius 1 is 0.971 bits per heavy atom. The Balaban J connectivity index is 1.21. The lowest BCUT2D eigenvalue weighted by Crippen LogP contribution is -2.62. The number of morpholine rings is 1. The Morgan fingerprint density at radius 2 is 1.76 bits per heavy atom. The molecule has 0 aromatic heterocycles. The van der Waals surface area contributed by atoms with Crippen LogP contribution in [0.15, 0.2) is 24.3 Å². The number of amides is 2. The van der Waals surface area contributed by atoms with Crippen LogP contribution in [-0.4, -0.2) is 111 Å². The van der Waals surface area contributed by atoms with Crippen molar-refractivity contribution < 1.29 is 14.3 Å². The lowest BCUT2D eigenvalue weighted by atomic mass is 9.83. The first-order valence-electron chi connectivity index (χ1n) is 13.1. The predicted octanol–water partition coefficient (Wildman–Crippen LogP) is 0.810. The maximum absolute atomic E-state index is 13.4. The molecule has 4 aliphatic rings. The molecule has 8 nitrogen and oxygen atoms in total. The summed E-state index contributed by atoms with van der Waals surface area (Å²) in [5.74, 6) is 0.299. The molecule has 34 heavy (non-hydrogen) atoms. The van der Waals surface area contributed by atoms with E-state index in [1.807, 2.05) is 4.90 Å². The van der Waals surface area contributed by atoms with Crippen molar-refractivity contribution in [3.63, 3.8) is 0 Å². The number of nitrogens with zero attached hydrogens (tertiary/aromatic N) is 4. The van der Waals surface area contributed by atoms with Gasteiger partial charge in [0.2, 0.25) is 11.8 Å². The molecule has 0 bridgehead atoms. The van der Waals surface area contributed by atoms with E-state index in [2.05, 4.69) is 44.3 Å². The average molecular weight is 470 g/mol. The number of para-hydroxylation sites is 1. The minimum Gasteiger partial charge on any atom is -0.379 e. The van der Waals surface area contributed by atoms with Crippen molar-refractivity contribution in [2.75, 3.05) is 83.6 Å². The number of fused-ring (bicyclic) bond motifs is 3. The van der Waals surface area contributed by atoms with E-state index in [0.717, 1.165) is 91.3 Å². The van der Waals surface area contributed by atoms with Crippen LogP contribution in [0.3, 0.4) is 0 Å². The van der Waals surface area contributed by atoms with Gasteiger partial charge >= 0.3 is 0 Å². The molecule has 5 rings (SSSR count). The van der Waals surface area contributed by atoms with Crippen molar-refractivity contribution in [3.05, 3.63) is 29.8 Å². The smallest absolute Gasteiger partial charge is 0.236 e. The Bertz CT molecular complexity index is 853. The third-order valence-electron chi connectivity index (χ3n) is 7.92. The molecule has 8 heteroatoms. The number of rotatable bonds is 7. The third kappa shape index (κ3) is 5.39. The molecule has 0 saturated carbocycles. The number of ether oxygens (including phenoxy) is 1. The van der Waals surface area contributed by atoms with E-state index in [-0.39, 0.29) is 23.8 Å². The van der Waals surface area contributed by atoms with Crippen molar-refractivity contribution in [1.82, 2.24) is 20.0 Å². The summed E-state index contributed by atoms with van der Waals surface area (Å²) < 4.78 is 5.42. The first-order valence-corrected chi connectivity index (χ1v) is 13.1. The molecule has 3 fully saturated rings. The Morgan fingerprint density at radius 3 is 2.59 bits per heavy atom. The van der Waals surface area contributed by atoms with E-state index in [1.54, 1.807) is 0 Å². The fourth-order valence-corrected chi connectivity index (χ4v) is 5.99. The number of anilines is 1. The van der Waals surface area contributed by atoms with Gasteiger partial charge in [-0.25, -0.2) is 0 Å². The van der Waals surface area contributed by atoms with Gasteiger partial charge in [0.1, 0.15) is 0 Å². The maximum Gasteiger partial charge on any atom is 0.236 e. The molecule has 4 aliphatic heterocycles. The molecule has 1 aromatic rings. The first kappa shape index (κ1) is 23.6. The fraction of sp³-hybridized carbons (Fsp3) is 0.692. The van der Waals surface area contributed by atoms with Crippen LogP contribution in [0.4, 0.5) is 5.69 Å². The number of piperazine rings is 1. The topological polar surface area (TPSA) is 68.4 Å². The summed E-state index contributed by atoms with van der Waals surface area (Å²) in [6, 6.07) is 8.61. The second-order valence-electron chi connectivity index (χ2n) is 10.1. The lowest BCUT2D eigenvalue weighted by Gasteiger charge is -2.49. The van der Waals surface area contributed by atoms with Crippen LogP contribution >= 0.6 is 0 Å². The van der Waals surface area contributed by atoms with Crippen molar-refractivity contribution in [2.45, 2.75) is 31.7 Å². The number of likely N-dealkylation sites (tertiary alicyclic amines) is 1. The van der Waals surface area contributed by atoms with E-state index in [1.165, 1.54) is 11.3 Å². The third-order valence-corrected chi connectivity index (χ3v) is 7.92. The maximum atomic E-state index is 13.4. The molecule has 1 aromatic carbocycles. The molecule has 1 N–H and O–H groups in total. The molecule has 3 saturated heterocycles. The standard InChI is InChI=1S/C26H39N5O3/c32-25(30-10-3-4-11-30)20-29-12-13-31-23-7-2-1-6-21(23)18-22(24(31)19-29)26(33)27-8-5-9-28-14-16-34-17-15-28/h1-2,6-7,22,24H,3-5,8-20H2,(H,27,33). The zero-order valence-electron chi connectivity index (χ0n) is 20.3. The van der Waals surface area contributed by atoms with E-state index in [0.29, 0.717) is 13.1 Å². The van der Waals surface area contributed by atoms with Crippen LogP contribution < -0.4 is 10.2 Å². The number of benzene rings is 1. The minimum absolute atomic E-state index is 0.0945. The first-order chi connectivity index (χ1) is 16.7. The Labute approximate surface area is 203 Å². The molecular weight excluding hydrogens is 430 g/mol.